The highest BCUT2D eigenvalue weighted by Gasteiger charge is 2.46. The van der Waals surface area contributed by atoms with Gasteiger partial charge in [0.2, 0.25) is 17.7 Å². The van der Waals surface area contributed by atoms with Crippen molar-refractivity contribution in [1.82, 2.24) is 30.5 Å². The fourth-order valence-electron chi connectivity index (χ4n) is 7.95. The monoisotopic (exact) mass is 1070 g/mol. The summed E-state index contributed by atoms with van der Waals surface area (Å²) in [5.41, 5.74) is 4.78. The maximum Gasteiger partial charge on any atom is 0.246 e. The fraction of sp³-hybridized carbons (Fsp3) is 0.509. The van der Waals surface area contributed by atoms with E-state index in [1.165, 1.54) is 18.5 Å². The molecule has 6 rings (SSSR count). The highest BCUT2D eigenvalue weighted by atomic mass is 35.5. The van der Waals surface area contributed by atoms with Crippen molar-refractivity contribution in [2.45, 2.75) is 85.2 Å². The van der Waals surface area contributed by atoms with Crippen LogP contribution in [0.1, 0.15) is 59.2 Å². The lowest BCUT2D eigenvalue weighted by Crippen LogP contribution is -2.58. The first-order valence-corrected chi connectivity index (χ1v) is 25.8. The molecule has 3 amide bonds. The van der Waals surface area contributed by atoms with Gasteiger partial charge < -0.3 is 58.7 Å². The van der Waals surface area contributed by atoms with Crippen molar-refractivity contribution in [2.24, 2.45) is 5.41 Å². The summed E-state index contributed by atoms with van der Waals surface area (Å²) in [4.78, 5) is 57.0. The molecular formula is C53H69ClFN7O11S. The topological polar surface area (TPSA) is 203 Å². The quantitative estimate of drug-likeness (QED) is 0.0411. The zero-order valence-electron chi connectivity index (χ0n) is 43.4. The number of hydrogen-bond donors (Lipinski definition) is 3. The minimum atomic E-state index is -0.935. The number of carbonyl (C=O) groups excluding carboxylic acids is 3. The highest BCUT2D eigenvalue weighted by Crippen LogP contribution is 2.36. The lowest BCUT2D eigenvalue weighted by Gasteiger charge is -2.35. The van der Waals surface area contributed by atoms with Gasteiger partial charge in [0.1, 0.15) is 43.3 Å². The third kappa shape index (κ3) is 17.5. The lowest BCUT2D eigenvalue weighted by atomic mass is 9.85. The van der Waals surface area contributed by atoms with Crippen LogP contribution in [0.3, 0.4) is 0 Å². The van der Waals surface area contributed by atoms with E-state index < -0.39 is 34.8 Å². The van der Waals surface area contributed by atoms with Crippen LogP contribution in [0.4, 0.5) is 15.9 Å². The van der Waals surface area contributed by atoms with E-state index in [-0.39, 0.29) is 62.5 Å². The summed E-state index contributed by atoms with van der Waals surface area (Å²) in [7, 11) is 1.54. The molecule has 3 heterocycles. The molecule has 3 N–H and O–H groups in total. The van der Waals surface area contributed by atoms with E-state index in [4.69, 9.17) is 49.5 Å². The molecular weight excluding hydrogens is 997 g/mol. The number of nitrogens with zero attached hydrogens (tertiary/aromatic N) is 4. The smallest absolute Gasteiger partial charge is 0.246 e. The summed E-state index contributed by atoms with van der Waals surface area (Å²) in [5, 5.41) is 9.71. The number of likely N-dealkylation sites (tertiary alicyclic amines) is 1. The Hall–Kier alpha value is -5.58. The Morgan fingerprint density at radius 2 is 1.47 bits per heavy atom. The van der Waals surface area contributed by atoms with Crippen LogP contribution in [-0.2, 0) is 49.3 Å². The largest absolute Gasteiger partial charge is 0.493 e. The standard InChI is InChI=1S/C53H69ClFN7O11S/c1-34-47(74-33-59-34)36-11-9-35(10-12-36)29-56-50(64)43-26-38(73-53(5,6)7)30-62(43)51(65)48(52(2,3)4)61-46(63)31-71-22-21-69-18-17-67-15-16-68-19-20-70-23-24-72-45-27-39-42(28-44(45)66-8)57-32-58-49(39)60-37-13-14-41(55)40(54)25-37/h9-14,25,27-28,32-33,38,43,48H,15-24,26,29-31H2,1-8H3,(H,56,64)(H,61,63)(H,57,58,60)/t38-,43+,48-/m1/s1. The average Bonchev–Trinajstić information content (AvgIpc) is 3.99. The number of ether oxygens (including phenoxy) is 8. The summed E-state index contributed by atoms with van der Waals surface area (Å²) >= 11 is 7.54. The maximum absolute atomic E-state index is 14.3. The van der Waals surface area contributed by atoms with Gasteiger partial charge in [-0.2, -0.15) is 0 Å². The van der Waals surface area contributed by atoms with E-state index in [1.807, 2.05) is 78.2 Å². The predicted octanol–water partition coefficient (Wildman–Crippen LogP) is 7.70. The van der Waals surface area contributed by atoms with Crippen LogP contribution in [0.25, 0.3) is 21.3 Å². The first-order valence-electron chi connectivity index (χ1n) is 24.5. The minimum Gasteiger partial charge on any atom is -0.493 e. The van der Waals surface area contributed by atoms with Crippen LogP contribution in [0.2, 0.25) is 5.02 Å². The number of fused-ring (bicyclic) bond motifs is 1. The molecule has 1 fully saturated rings. The van der Waals surface area contributed by atoms with Crippen LogP contribution < -0.4 is 25.4 Å². The Bertz CT molecular complexity index is 2610. The molecule has 0 radical (unpaired) electrons. The molecule has 3 aromatic carbocycles. The molecule has 0 spiro atoms. The molecule has 0 saturated carbocycles. The number of amides is 3. The van der Waals surface area contributed by atoms with Gasteiger partial charge in [-0.05, 0) is 68.5 Å². The van der Waals surface area contributed by atoms with E-state index in [1.54, 1.807) is 41.5 Å². The summed E-state index contributed by atoms with van der Waals surface area (Å²) in [6.45, 7) is 16.7. The van der Waals surface area contributed by atoms with Crippen molar-refractivity contribution in [3.63, 3.8) is 0 Å². The van der Waals surface area contributed by atoms with E-state index in [0.717, 1.165) is 21.7 Å². The normalized spacial score (nSPS) is 15.3. The number of carbonyl (C=O) groups is 3. The zero-order valence-corrected chi connectivity index (χ0v) is 45.0. The van der Waals surface area contributed by atoms with Gasteiger partial charge in [0.25, 0.3) is 0 Å². The third-order valence-electron chi connectivity index (χ3n) is 11.5. The number of benzene rings is 3. The Balaban J connectivity index is 0.824. The van der Waals surface area contributed by atoms with Crippen molar-refractivity contribution < 1.29 is 56.7 Å². The van der Waals surface area contributed by atoms with E-state index >= 15 is 0 Å². The SMILES string of the molecule is COc1cc2ncnc(Nc3ccc(F)c(Cl)c3)c2cc1OCCOCCOCCOCCOCCOCC(=O)N[C@H](C(=O)N1C[C@H](OC(C)(C)C)C[C@H]1C(=O)NCc1ccc(-c2scnc2C)cc1)C(C)(C)C. The number of methoxy groups -OCH3 is 1. The first kappa shape index (κ1) is 57.7. The zero-order chi connectivity index (χ0) is 53.3. The molecule has 1 aliphatic heterocycles. The van der Waals surface area contributed by atoms with Crippen LogP contribution in [0.5, 0.6) is 11.5 Å². The van der Waals surface area contributed by atoms with Gasteiger partial charge in [-0.25, -0.2) is 19.3 Å². The molecule has 18 nitrogen and oxygen atoms in total. The molecule has 0 unspecified atom stereocenters. The Kier molecular flexibility index (Phi) is 21.7. The van der Waals surface area contributed by atoms with Crippen molar-refractivity contribution in [2.75, 3.05) is 91.6 Å². The molecule has 0 aliphatic carbocycles. The number of halogens is 2. The van der Waals surface area contributed by atoms with Gasteiger partial charge in [0.15, 0.2) is 11.5 Å². The number of hydrogen-bond acceptors (Lipinski definition) is 16. The Morgan fingerprint density at radius 1 is 0.824 bits per heavy atom. The van der Waals surface area contributed by atoms with Crippen LogP contribution >= 0.6 is 22.9 Å². The average molecular weight is 1070 g/mol. The number of anilines is 2. The summed E-state index contributed by atoms with van der Waals surface area (Å²) in [6.07, 6.45) is 1.37. The predicted molar refractivity (Wildman–Crippen MR) is 281 cm³/mol. The van der Waals surface area contributed by atoms with Crippen molar-refractivity contribution in [1.29, 1.82) is 0 Å². The number of rotatable bonds is 28. The van der Waals surface area contributed by atoms with Gasteiger partial charge >= 0.3 is 0 Å². The molecule has 3 atom stereocenters. The molecule has 402 valence electrons. The second-order valence-corrected chi connectivity index (χ2v) is 20.8. The Labute approximate surface area is 441 Å². The number of aryl methyl sites for hydroxylation is 1. The van der Waals surface area contributed by atoms with Crippen LogP contribution in [0.15, 0.2) is 66.4 Å². The molecule has 5 aromatic rings. The fourth-order valence-corrected chi connectivity index (χ4v) is 8.95. The van der Waals surface area contributed by atoms with Crippen LogP contribution in [-0.4, -0.2) is 148 Å². The number of nitrogens with one attached hydrogen (secondary N) is 3. The number of thiazole rings is 1. The summed E-state index contributed by atoms with van der Waals surface area (Å²) in [5.74, 6) is -0.182. The van der Waals surface area contributed by atoms with E-state index in [0.29, 0.717) is 86.6 Å². The third-order valence-corrected chi connectivity index (χ3v) is 12.8. The van der Waals surface area contributed by atoms with Crippen LogP contribution in [0, 0.1) is 18.2 Å². The lowest BCUT2D eigenvalue weighted by molar-refractivity contribution is -0.145. The van der Waals surface area contributed by atoms with Gasteiger partial charge in [0, 0.05) is 36.7 Å². The van der Waals surface area contributed by atoms with Gasteiger partial charge in [-0.1, -0.05) is 56.6 Å². The number of aromatic nitrogens is 3. The molecule has 0 bridgehead atoms. The second-order valence-electron chi connectivity index (χ2n) is 19.5. The molecule has 1 aliphatic rings. The minimum absolute atomic E-state index is 0.0117. The maximum atomic E-state index is 14.3. The molecule has 74 heavy (non-hydrogen) atoms. The summed E-state index contributed by atoms with van der Waals surface area (Å²) < 4.78 is 59.5. The first-order chi connectivity index (χ1) is 35.4. The van der Waals surface area contributed by atoms with Crippen molar-refractivity contribution in [3.8, 4) is 21.9 Å². The highest BCUT2D eigenvalue weighted by molar-refractivity contribution is 7.13. The molecule has 2 aromatic heterocycles. The summed E-state index contributed by atoms with van der Waals surface area (Å²) in [6, 6.07) is 14.1. The van der Waals surface area contributed by atoms with Crippen molar-refractivity contribution in [3.05, 3.63) is 88.5 Å². The molecule has 1 saturated heterocycles. The van der Waals surface area contributed by atoms with Gasteiger partial charge in [-0.15, -0.1) is 11.3 Å². The van der Waals surface area contributed by atoms with E-state index in [2.05, 4.69) is 30.9 Å². The van der Waals surface area contributed by atoms with Gasteiger partial charge in [-0.3, -0.25) is 14.4 Å². The van der Waals surface area contributed by atoms with Gasteiger partial charge in [0.05, 0.1) is 105 Å². The van der Waals surface area contributed by atoms with Crippen molar-refractivity contribution >= 4 is 63.1 Å². The Morgan fingerprint density at radius 3 is 2.07 bits per heavy atom. The second kappa shape index (κ2) is 27.8. The van der Waals surface area contributed by atoms with E-state index in [9.17, 15) is 18.8 Å². The molecule has 21 heteroatoms.